The fourth-order valence-electron chi connectivity index (χ4n) is 2.56. The molecule has 1 atom stereocenters. The van der Waals surface area contributed by atoms with E-state index < -0.39 is 5.41 Å². The van der Waals surface area contributed by atoms with Crippen LogP contribution in [0.25, 0.3) is 11.3 Å². The van der Waals surface area contributed by atoms with Crippen LogP contribution in [-0.4, -0.2) is 23.3 Å². The molecule has 2 N–H and O–H groups in total. The number of benzene rings is 1. The van der Waals surface area contributed by atoms with Gasteiger partial charge in [-0.15, -0.1) is 0 Å². The van der Waals surface area contributed by atoms with Crippen molar-refractivity contribution in [1.29, 1.82) is 0 Å². The van der Waals surface area contributed by atoms with E-state index in [1.165, 1.54) is 0 Å². The van der Waals surface area contributed by atoms with Gasteiger partial charge in [0.05, 0.1) is 5.41 Å². The van der Waals surface area contributed by atoms with Gasteiger partial charge >= 0.3 is 0 Å². The van der Waals surface area contributed by atoms with Gasteiger partial charge in [0.2, 0.25) is 11.8 Å². The van der Waals surface area contributed by atoms with Gasteiger partial charge in [0, 0.05) is 31.1 Å². The largest absolute Gasteiger partial charge is 0.449 e. The summed E-state index contributed by atoms with van der Waals surface area (Å²) in [5.74, 6) is 0.537. The number of hydrogen-bond acceptors (Lipinski definition) is 4. The second-order valence-electron chi connectivity index (χ2n) is 6.12. The Balaban J connectivity index is 1.68. The minimum absolute atomic E-state index is 0.00235. The van der Waals surface area contributed by atoms with Crippen LogP contribution in [0.2, 0.25) is 0 Å². The minimum atomic E-state index is -0.574. The van der Waals surface area contributed by atoms with Gasteiger partial charge in [0.15, 0.2) is 5.89 Å². The molecule has 6 heteroatoms. The lowest BCUT2D eigenvalue weighted by molar-refractivity contribution is -0.130. The third-order valence-electron chi connectivity index (χ3n) is 4.19. The second-order valence-corrected chi connectivity index (χ2v) is 6.12. The number of aryl methyl sites for hydroxylation is 1. The summed E-state index contributed by atoms with van der Waals surface area (Å²) in [6, 6.07) is 7.44. The van der Waals surface area contributed by atoms with E-state index in [1.807, 2.05) is 31.2 Å². The van der Waals surface area contributed by atoms with E-state index in [-0.39, 0.29) is 11.8 Å². The molecule has 1 aliphatic rings. The number of carbonyl (C=O) groups excluding carboxylic acids is 2. The molecular formula is C17H19N3O3. The summed E-state index contributed by atoms with van der Waals surface area (Å²) in [4.78, 5) is 28.0. The molecule has 0 bridgehead atoms. The molecule has 0 radical (unpaired) electrons. The van der Waals surface area contributed by atoms with Gasteiger partial charge in [-0.05, 0) is 25.5 Å². The first-order chi connectivity index (χ1) is 11.0. The number of carbonyl (C=O) groups is 2. The van der Waals surface area contributed by atoms with Gasteiger partial charge in [-0.1, -0.05) is 12.1 Å². The van der Waals surface area contributed by atoms with Gasteiger partial charge in [-0.3, -0.25) is 9.59 Å². The fraction of sp³-hybridized carbons (Fsp3) is 0.353. The lowest BCUT2D eigenvalue weighted by atomic mass is 9.81. The van der Waals surface area contributed by atoms with Crippen LogP contribution in [-0.2, 0) is 9.59 Å². The van der Waals surface area contributed by atoms with Crippen LogP contribution in [0.3, 0.4) is 0 Å². The Morgan fingerprint density at radius 2 is 2.09 bits per heavy atom. The first kappa shape index (κ1) is 15.3. The Labute approximate surface area is 134 Å². The zero-order chi connectivity index (χ0) is 16.4. The standard InChI is InChI=1S/C17H19N3O3/c1-11-19-14(9-23-11)12-3-5-13(6-4-12)20-16(22)17(2)8-7-15(21)18-10-17/h3-6,9H,7-8,10H2,1-2H3,(H,18,21)(H,20,22). The molecule has 6 nitrogen and oxygen atoms in total. The highest BCUT2D eigenvalue weighted by Gasteiger charge is 2.37. The molecule has 23 heavy (non-hydrogen) atoms. The van der Waals surface area contributed by atoms with Gasteiger partial charge in [-0.2, -0.15) is 0 Å². The third kappa shape index (κ3) is 3.26. The molecule has 2 heterocycles. The number of nitrogens with zero attached hydrogens (tertiary/aromatic N) is 1. The number of oxazole rings is 1. The number of nitrogens with one attached hydrogen (secondary N) is 2. The highest BCUT2D eigenvalue weighted by Crippen LogP contribution is 2.28. The molecule has 1 aromatic carbocycles. The SMILES string of the molecule is Cc1nc(-c2ccc(NC(=O)C3(C)CCC(=O)NC3)cc2)co1. The Kier molecular flexibility index (Phi) is 3.90. The van der Waals surface area contributed by atoms with E-state index in [2.05, 4.69) is 15.6 Å². The van der Waals surface area contributed by atoms with Crippen LogP contribution < -0.4 is 10.6 Å². The number of aromatic nitrogens is 1. The molecule has 1 aliphatic heterocycles. The number of piperidine rings is 1. The maximum Gasteiger partial charge on any atom is 0.232 e. The van der Waals surface area contributed by atoms with Crippen molar-refractivity contribution in [2.75, 3.05) is 11.9 Å². The van der Waals surface area contributed by atoms with Crippen molar-refractivity contribution in [1.82, 2.24) is 10.3 Å². The highest BCUT2D eigenvalue weighted by atomic mass is 16.3. The van der Waals surface area contributed by atoms with E-state index in [4.69, 9.17) is 4.42 Å². The molecule has 1 fully saturated rings. The van der Waals surface area contributed by atoms with Crippen molar-refractivity contribution < 1.29 is 14.0 Å². The van der Waals surface area contributed by atoms with Crippen molar-refractivity contribution in [3.63, 3.8) is 0 Å². The topological polar surface area (TPSA) is 84.2 Å². The third-order valence-corrected chi connectivity index (χ3v) is 4.19. The van der Waals surface area contributed by atoms with Gasteiger partial charge in [-0.25, -0.2) is 4.98 Å². The molecular weight excluding hydrogens is 294 g/mol. The predicted molar refractivity (Wildman–Crippen MR) is 85.7 cm³/mol. The van der Waals surface area contributed by atoms with E-state index in [0.717, 1.165) is 16.9 Å². The van der Waals surface area contributed by atoms with Crippen LogP contribution in [0.15, 0.2) is 34.9 Å². The predicted octanol–water partition coefficient (Wildman–Crippen LogP) is 2.50. The van der Waals surface area contributed by atoms with Crippen molar-refractivity contribution in [2.45, 2.75) is 26.7 Å². The van der Waals surface area contributed by atoms with Crippen LogP contribution in [0, 0.1) is 12.3 Å². The number of anilines is 1. The maximum absolute atomic E-state index is 12.5. The quantitative estimate of drug-likeness (QED) is 0.912. The summed E-state index contributed by atoms with van der Waals surface area (Å²) < 4.78 is 5.20. The molecule has 2 amide bonds. The Hall–Kier alpha value is -2.63. The van der Waals surface area contributed by atoms with Crippen molar-refractivity contribution in [3.8, 4) is 11.3 Å². The summed E-state index contributed by atoms with van der Waals surface area (Å²) in [7, 11) is 0. The Bertz CT molecular complexity index is 724. The zero-order valence-corrected chi connectivity index (χ0v) is 13.2. The molecule has 120 valence electrons. The van der Waals surface area contributed by atoms with Crippen LogP contribution in [0.4, 0.5) is 5.69 Å². The Morgan fingerprint density at radius 1 is 1.35 bits per heavy atom. The van der Waals surface area contributed by atoms with E-state index in [1.54, 1.807) is 13.2 Å². The zero-order valence-electron chi connectivity index (χ0n) is 13.2. The minimum Gasteiger partial charge on any atom is -0.449 e. The highest BCUT2D eigenvalue weighted by molar-refractivity contribution is 5.96. The average molecular weight is 313 g/mol. The molecule has 0 aliphatic carbocycles. The second kappa shape index (κ2) is 5.87. The van der Waals surface area contributed by atoms with Crippen molar-refractivity contribution in [3.05, 3.63) is 36.4 Å². The lowest BCUT2D eigenvalue weighted by Gasteiger charge is -2.32. The summed E-state index contributed by atoms with van der Waals surface area (Å²) in [5, 5.41) is 5.67. The lowest BCUT2D eigenvalue weighted by Crippen LogP contribution is -2.48. The molecule has 0 saturated carbocycles. The first-order valence-corrected chi connectivity index (χ1v) is 7.57. The van der Waals surface area contributed by atoms with E-state index >= 15 is 0 Å². The summed E-state index contributed by atoms with van der Waals surface area (Å²) in [6.45, 7) is 4.03. The Morgan fingerprint density at radius 3 is 2.65 bits per heavy atom. The number of hydrogen-bond donors (Lipinski definition) is 2. The average Bonchev–Trinajstić information content (AvgIpc) is 2.97. The van der Waals surface area contributed by atoms with Crippen molar-refractivity contribution in [2.24, 2.45) is 5.41 Å². The van der Waals surface area contributed by atoms with Gasteiger partial charge in [0.1, 0.15) is 12.0 Å². The van der Waals surface area contributed by atoms with Crippen LogP contribution in [0.5, 0.6) is 0 Å². The number of rotatable bonds is 3. The summed E-state index contributed by atoms with van der Waals surface area (Å²) in [5.41, 5.74) is 1.84. The first-order valence-electron chi connectivity index (χ1n) is 7.57. The number of amides is 2. The van der Waals surface area contributed by atoms with E-state index in [9.17, 15) is 9.59 Å². The smallest absolute Gasteiger partial charge is 0.232 e. The molecule has 2 aromatic rings. The molecule has 1 unspecified atom stereocenters. The van der Waals surface area contributed by atoms with Gasteiger partial charge in [0.25, 0.3) is 0 Å². The monoisotopic (exact) mass is 313 g/mol. The van der Waals surface area contributed by atoms with Crippen LogP contribution >= 0.6 is 0 Å². The van der Waals surface area contributed by atoms with Crippen LogP contribution in [0.1, 0.15) is 25.7 Å². The van der Waals surface area contributed by atoms with Gasteiger partial charge < -0.3 is 15.1 Å². The van der Waals surface area contributed by atoms with E-state index in [0.29, 0.717) is 25.3 Å². The molecule has 3 rings (SSSR count). The normalized spacial score (nSPS) is 20.9. The van der Waals surface area contributed by atoms with Crippen molar-refractivity contribution >= 4 is 17.5 Å². The molecule has 1 saturated heterocycles. The molecule has 1 aromatic heterocycles. The summed E-state index contributed by atoms with van der Waals surface area (Å²) >= 11 is 0. The maximum atomic E-state index is 12.5. The fourth-order valence-corrected chi connectivity index (χ4v) is 2.56. The summed E-state index contributed by atoms with van der Waals surface area (Å²) in [6.07, 6.45) is 2.55. The molecule has 0 spiro atoms.